The Labute approximate surface area is 118 Å². The van der Waals surface area contributed by atoms with Crippen LogP contribution in [0.25, 0.3) is 0 Å². The van der Waals surface area contributed by atoms with Gasteiger partial charge in [0.1, 0.15) is 18.1 Å². The number of ether oxygens (including phenoxy) is 1. The highest BCUT2D eigenvalue weighted by molar-refractivity contribution is 6.32. The number of halogens is 4. The van der Waals surface area contributed by atoms with Gasteiger partial charge in [-0.1, -0.05) is 23.7 Å². The van der Waals surface area contributed by atoms with Gasteiger partial charge in [-0.15, -0.1) is 0 Å². The fourth-order valence-electron chi connectivity index (χ4n) is 1.57. The van der Waals surface area contributed by atoms with E-state index in [1.165, 1.54) is 24.3 Å². The van der Waals surface area contributed by atoms with Crippen LogP contribution in [0.15, 0.2) is 42.5 Å². The lowest BCUT2D eigenvalue weighted by atomic mass is 10.2. The Morgan fingerprint density at radius 3 is 2.50 bits per heavy atom. The van der Waals surface area contributed by atoms with E-state index in [1.807, 2.05) is 0 Å². The van der Waals surface area contributed by atoms with E-state index in [2.05, 4.69) is 0 Å². The van der Waals surface area contributed by atoms with E-state index in [4.69, 9.17) is 16.3 Å². The van der Waals surface area contributed by atoms with Gasteiger partial charge in [0.15, 0.2) is 0 Å². The Hall–Kier alpha value is -1.88. The summed E-state index contributed by atoms with van der Waals surface area (Å²) in [4.78, 5) is 0. The highest BCUT2D eigenvalue weighted by atomic mass is 35.5. The molecule has 20 heavy (non-hydrogen) atoms. The van der Waals surface area contributed by atoms with Gasteiger partial charge in [0.05, 0.1) is 10.6 Å². The molecule has 0 aromatic heterocycles. The van der Waals surface area contributed by atoms with Crippen molar-refractivity contribution in [2.75, 3.05) is 0 Å². The summed E-state index contributed by atoms with van der Waals surface area (Å²) >= 11 is 5.73. The van der Waals surface area contributed by atoms with Gasteiger partial charge in [0.2, 0.25) is 0 Å². The van der Waals surface area contributed by atoms with Crippen molar-refractivity contribution >= 4 is 11.6 Å². The van der Waals surface area contributed by atoms with E-state index in [9.17, 15) is 18.3 Å². The predicted octanol–water partition coefficient (Wildman–Crippen LogP) is 4.64. The van der Waals surface area contributed by atoms with E-state index in [1.54, 1.807) is 6.07 Å². The fraction of sp³-hybridized carbons (Fsp3) is 0.143. The molecular weight excluding hydrogens is 293 g/mol. The minimum atomic E-state index is -4.40. The molecule has 0 atom stereocenters. The first kappa shape index (κ1) is 14.5. The minimum absolute atomic E-state index is 0.0569. The van der Waals surface area contributed by atoms with Crippen molar-refractivity contribution in [3.8, 4) is 11.5 Å². The second-order valence-corrected chi connectivity index (χ2v) is 4.51. The maximum Gasteiger partial charge on any atom is 0.416 e. The first-order valence-electron chi connectivity index (χ1n) is 5.64. The number of phenols is 1. The summed E-state index contributed by atoms with van der Waals surface area (Å²) in [5.74, 6) is 0.0542. The van der Waals surface area contributed by atoms with Crippen molar-refractivity contribution in [3.63, 3.8) is 0 Å². The molecule has 0 unspecified atom stereocenters. The highest BCUT2D eigenvalue weighted by Crippen LogP contribution is 2.31. The standard InChI is InChI=1S/C14H10ClF3O2/c15-12-6-9(4-5-13(12)19)8-20-11-3-1-2-10(7-11)14(16,17)18/h1-7,19H,8H2. The lowest BCUT2D eigenvalue weighted by molar-refractivity contribution is -0.137. The van der Waals surface area contributed by atoms with Crippen LogP contribution in [0.1, 0.15) is 11.1 Å². The number of rotatable bonds is 3. The normalized spacial score (nSPS) is 11.4. The Morgan fingerprint density at radius 1 is 1.10 bits per heavy atom. The molecule has 0 amide bonds. The first-order valence-corrected chi connectivity index (χ1v) is 6.01. The molecule has 106 valence electrons. The monoisotopic (exact) mass is 302 g/mol. The third-order valence-corrected chi connectivity index (χ3v) is 2.88. The number of alkyl halides is 3. The average Bonchev–Trinajstić information content (AvgIpc) is 2.39. The first-order chi connectivity index (χ1) is 9.36. The van der Waals surface area contributed by atoms with Crippen LogP contribution in [0.5, 0.6) is 11.5 Å². The number of hydrogen-bond acceptors (Lipinski definition) is 2. The number of aromatic hydroxyl groups is 1. The molecule has 2 aromatic carbocycles. The molecule has 0 fully saturated rings. The number of benzene rings is 2. The van der Waals surface area contributed by atoms with E-state index < -0.39 is 11.7 Å². The number of hydrogen-bond donors (Lipinski definition) is 1. The Balaban J connectivity index is 2.09. The molecule has 0 radical (unpaired) electrons. The summed E-state index contributed by atoms with van der Waals surface area (Å²) in [6, 6.07) is 9.10. The van der Waals surface area contributed by atoms with Crippen molar-refractivity contribution in [1.29, 1.82) is 0 Å². The quantitative estimate of drug-likeness (QED) is 0.894. The summed E-state index contributed by atoms with van der Waals surface area (Å²) in [5.41, 5.74) is -0.121. The topological polar surface area (TPSA) is 29.5 Å². The zero-order chi connectivity index (χ0) is 14.8. The fourth-order valence-corrected chi connectivity index (χ4v) is 1.77. The predicted molar refractivity (Wildman–Crippen MR) is 68.9 cm³/mol. The lowest BCUT2D eigenvalue weighted by Gasteiger charge is -2.10. The van der Waals surface area contributed by atoms with Crippen LogP contribution in [0.2, 0.25) is 5.02 Å². The molecule has 1 N–H and O–H groups in total. The molecule has 0 heterocycles. The molecule has 2 nitrogen and oxygen atoms in total. The largest absolute Gasteiger partial charge is 0.506 e. The third kappa shape index (κ3) is 3.57. The van der Waals surface area contributed by atoms with Crippen molar-refractivity contribution < 1.29 is 23.0 Å². The summed E-state index contributed by atoms with van der Waals surface area (Å²) in [7, 11) is 0. The van der Waals surface area contributed by atoms with Gasteiger partial charge in [-0.3, -0.25) is 0 Å². The van der Waals surface area contributed by atoms with Gasteiger partial charge in [0, 0.05) is 0 Å². The highest BCUT2D eigenvalue weighted by Gasteiger charge is 2.30. The van der Waals surface area contributed by atoms with E-state index in [0.29, 0.717) is 5.56 Å². The Morgan fingerprint density at radius 2 is 1.85 bits per heavy atom. The second kappa shape index (κ2) is 5.63. The molecule has 2 aromatic rings. The molecule has 0 aliphatic heterocycles. The number of phenolic OH excluding ortho intramolecular Hbond substituents is 1. The van der Waals surface area contributed by atoms with Crippen LogP contribution in [0, 0.1) is 0 Å². The molecule has 6 heteroatoms. The summed E-state index contributed by atoms with van der Waals surface area (Å²) in [6.45, 7) is 0.0569. The zero-order valence-corrected chi connectivity index (χ0v) is 10.9. The molecule has 0 saturated heterocycles. The summed E-state index contributed by atoms with van der Waals surface area (Å²) < 4.78 is 42.9. The van der Waals surface area contributed by atoms with Gasteiger partial charge >= 0.3 is 6.18 Å². The molecule has 0 spiro atoms. The molecular formula is C14H10ClF3O2. The van der Waals surface area contributed by atoms with Crippen molar-refractivity contribution in [2.24, 2.45) is 0 Å². The van der Waals surface area contributed by atoms with E-state index in [-0.39, 0.29) is 23.1 Å². The Bertz CT molecular complexity index is 612. The van der Waals surface area contributed by atoms with Gasteiger partial charge < -0.3 is 9.84 Å². The van der Waals surface area contributed by atoms with Crippen molar-refractivity contribution in [2.45, 2.75) is 12.8 Å². The molecule has 0 aliphatic carbocycles. The van der Waals surface area contributed by atoms with Crippen LogP contribution in [-0.4, -0.2) is 5.11 Å². The van der Waals surface area contributed by atoms with Gasteiger partial charge in [-0.2, -0.15) is 13.2 Å². The molecule has 0 aliphatic rings. The minimum Gasteiger partial charge on any atom is -0.506 e. The van der Waals surface area contributed by atoms with E-state index >= 15 is 0 Å². The van der Waals surface area contributed by atoms with Gasteiger partial charge in [-0.05, 0) is 35.9 Å². The molecule has 0 saturated carbocycles. The van der Waals surface area contributed by atoms with Crippen LogP contribution < -0.4 is 4.74 Å². The average molecular weight is 303 g/mol. The van der Waals surface area contributed by atoms with Crippen molar-refractivity contribution in [1.82, 2.24) is 0 Å². The van der Waals surface area contributed by atoms with Crippen LogP contribution in [0.4, 0.5) is 13.2 Å². The maximum absolute atomic E-state index is 12.5. The maximum atomic E-state index is 12.5. The smallest absolute Gasteiger partial charge is 0.416 e. The zero-order valence-electron chi connectivity index (χ0n) is 10.1. The second-order valence-electron chi connectivity index (χ2n) is 4.10. The van der Waals surface area contributed by atoms with Crippen LogP contribution in [-0.2, 0) is 12.8 Å². The van der Waals surface area contributed by atoms with Crippen LogP contribution in [0.3, 0.4) is 0 Å². The lowest BCUT2D eigenvalue weighted by Crippen LogP contribution is -2.05. The van der Waals surface area contributed by atoms with Gasteiger partial charge in [-0.25, -0.2) is 0 Å². The molecule has 0 bridgehead atoms. The molecule has 2 rings (SSSR count). The third-order valence-electron chi connectivity index (χ3n) is 2.58. The van der Waals surface area contributed by atoms with E-state index in [0.717, 1.165) is 12.1 Å². The van der Waals surface area contributed by atoms with Crippen LogP contribution >= 0.6 is 11.6 Å². The summed E-state index contributed by atoms with van der Waals surface area (Å²) in [5, 5.41) is 9.42. The van der Waals surface area contributed by atoms with Gasteiger partial charge in [0.25, 0.3) is 0 Å². The Kier molecular flexibility index (Phi) is 4.09. The SMILES string of the molecule is Oc1ccc(COc2cccc(C(F)(F)F)c2)cc1Cl. The summed E-state index contributed by atoms with van der Waals surface area (Å²) in [6.07, 6.45) is -4.40. The van der Waals surface area contributed by atoms with Crippen molar-refractivity contribution in [3.05, 3.63) is 58.6 Å².